The number of benzene rings is 1. The van der Waals surface area contributed by atoms with E-state index >= 15 is 0 Å². The number of methoxy groups -OCH3 is 1. The molecule has 2 heterocycles. The van der Waals surface area contributed by atoms with E-state index < -0.39 is 10.0 Å². The molecule has 1 saturated heterocycles. The standard InChI is InChI=1S/C21H29N3O4S/c1-17-15-20(18(2)24(17)13-14-28-3)21(25)16-22-9-11-23(12-10-22)29(26,27)19-7-5-4-6-8-19/h4-8,15H,9-14,16H2,1-3H3. The van der Waals surface area contributed by atoms with Gasteiger partial charge in [0.1, 0.15) is 0 Å². The second kappa shape index (κ2) is 9.21. The Balaban J connectivity index is 1.61. The molecule has 0 atom stereocenters. The monoisotopic (exact) mass is 419 g/mol. The Morgan fingerprint density at radius 1 is 1.07 bits per heavy atom. The third-order valence-corrected chi connectivity index (χ3v) is 7.39. The summed E-state index contributed by atoms with van der Waals surface area (Å²) >= 11 is 0. The minimum Gasteiger partial charge on any atom is -0.383 e. The Hall–Kier alpha value is -2.00. The Bertz CT molecular complexity index is 946. The normalized spacial score (nSPS) is 16.2. The molecule has 3 rings (SSSR count). The third kappa shape index (κ3) is 4.78. The van der Waals surface area contributed by atoms with Gasteiger partial charge in [-0.2, -0.15) is 4.31 Å². The van der Waals surface area contributed by atoms with E-state index in [2.05, 4.69) is 4.57 Å². The molecule has 29 heavy (non-hydrogen) atoms. The van der Waals surface area contributed by atoms with Crippen molar-refractivity contribution in [3.05, 3.63) is 53.3 Å². The zero-order valence-corrected chi connectivity index (χ0v) is 18.1. The molecule has 0 bridgehead atoms. The Morgan fingerprint density at radius 3 is 2.34 bits per heavy atom. The van der Waals surface area contributed by atoms with Crippen molar-refractivity contribution < 1.29 is 17.9 Å². The van der Waals surface area contributed by atoms with Crippen molar-refractivity contribution in [2.45, 2.75) is 25.3 Å². The molecule has 1 aromatic carbocycles. The lowest BCUT2D eigenvalue weighted by Gasteiger charge is -2.33. The highest BCUT2D eigenvalue weighted by atomic mass is 32.2. The summed E-state index contributed by atoms with van der Waals surface area (Å²) in [4.78, 5) is 15.2. The summed E-state index contributed by atoms with van der Waals surface area (Å²) in [6.45, 7) is 7.43. The third-order valence-electron chi connectivity index (χ3n) is 5.47. The smallest absolute Gasteiger partial charge is 0.243 e. The molecule has 0 saturated carbocycles. The lowest BCUT2D eigenvalue weighted by atomic mass is 10.1. The molecule has 0 unspecified atom stereocenters. The first-order valence-corrected chi connectivity index (χ1v) is 11.2. The Morgan fingerprint density at radius 2 is 1.72 bits per heavy atom. The van der Waals surface area contributed by atoms with E-state index in [0.29, 0.717) is 44.2 Å². The predicted molar refractivity (Wildman–Crippen MR) is 112 cm³/mol. The molecular formula is C21H29N3O4S. The number of ketones is 1. The fourth-order valence-corrected chi connectivity index (χ4v) is 5.21. The van der Waals surface area contributed by atoms with Crippen LogP contribution in [0.1, 0.15) is 21.7 Å². The number of Topliss-reactive ketones (excluding diaryl/α,β-unsaturated/α-hetero) is 1. The van der Waals surface area contributed by atoms with Gasteiger partial charge in [-0.25, -0.2) is 8.42 Å². The fraction of sp³-hybridized carbons (Fsp3) is 0.476. The van der Waals surface area contributed by atoms with Crippen molar-refractivity contribution in [3.8, 4) is 0 Å². The van der Waals surface area contributed by atoms with Crippen molar-refractivity contribution in [3.63, 3.8) is 0 Å². The van der Waals surface area contributed by atoms with E-state index in [1.165, 1.54) is 4.31 Å². The van der Waals surface area contributed by atoms with Crippen molar-refractivity contribution >= 4 is 15.8 Å². The Labute approximate surface area is 172 Å². The number of nitrogens with zero attached hydrogens (tertiary/aromatic N) is 3. The molecule has 0 spiro atoms. The topological polar surface area (TPSA) is 71.8 Å². The SMILES string of the molecule is COCCn1c(C)cc(C(=O)CN2CCN(S(=O)(=O)c3ccccc3)CC2)c1C. The largest absolute Gasteiger partial charge is 0.383 e. The van der Waals surface area contributed by atoms with Gasteiger partial charge in [0, 0.05) is 56.8 Å². The molecule has 1 aliphatic rings. The number of piperazine rings is 1. The molecule has 0 amide bonds. The van der Waals surface area contributed by atoms with Crippen LogP contribution in [0.5, 0.6) is 0 Å². The minimum absolute atomic E-state index is 0.0705. The predicted octanol–water partition coefficient (Wildman–Crippen LogP) is 1.94. The summed E-state index contributed by atoms with van der Waals surface area (Å²) < 4.78 is 34.2. The van der Waals surface area contributed by atoms with Crippen molar-refractivity contribution in [1.29, 1.82) is 0 Å². The fourth-order valence-electron chi connectivity index (χ4n) is 3.77. The van der Waals surface area contributed by atoms with Crippen molar-refractivity contribution in [2.24, 2.45) is 0 Å². The number of rotatable bonds is 8. The molecule has 1 fully saturated rings. The van der Waals surface area contributed by atoms with Gasteiger partial charge < -0.3 is 9.30 Å². The summed E-state index contributed by atoms with van der Waals surface area (Å²) in [6.07, 6.45) is 0. The molecule has 1 aliphatic heterocycles. The quantitative estimate of drug-likeness (QED) is 0.612. The first-order valence-electron chi connectivity index (χ1n) is 9.81. The maximum Gasteiger partial charge on any atom is 0.243 e. The zero-order chi connectivity index (χ0) is 21.0. The van der Waals surface area contributed by atoms with Crippen LogP contribution in [-0.4, -0.2) is 74.4 Å². The number of sulfonamides is 1. The first-order chi connectivity index (χ1) is 13.8. The van der Waals surface area contributed by atoms with Gasteiger partial charge in [0.25, 0.3) is 0 Å². The molecule has 0 N–H and O–H groups in total. The van der Waals surface area contributed by atoms with E-state index in [1.807, 2.05) is 24.8 Å². The molecule has 0 aliphatic carbocycles. The van der Waals surface area contributed by atoms with Gasteiger partial charge in [-0.05, 0) is 32.0 Å². The van der Waals surface area contributed by atoms with E-state index in [9.17, 15) is 13.2 Å². The number of aromatic nitrogens is 1. The molecule has 0 radical (unpaired) electrons. The van der Waals surface area contributed by atoms with Crippen LogP contribution in [0, 0.1) is 13.8 Å². The van der Waals surface area contributed by atoms with Gasteiger partial charge in [-0.3, -0.25) is 9.69 Å². The summed E-state index contributed by atoms with van der Waals surface area (Å²) in [5.41, 5.74) is 2.73. The van der Waals surface area contributed by atoms with Crippen LogP contribution in [0.2, 0.25) is 0 Å². The van der Waals surface area contributed by atoms with Crippen LogP contribution in [-0.2, 0) is 21.3 Å². The second-order valence-corrected chi connectivity index (χ2v) is 9.28. The lowest BCUT2D eigenvalue weighted by molar-refractivity contribution is 0.0901. The first kappa shape index (κ1) is 21.7. The van der Waals surface area contributed by atoms with Gasteiger partial charge in [0.2, 0.25) is 10.0 Å². The summed E-state index contributed by atoms with van der Waals surface area (Å²) in [6, 6.07) is 10.4. The second-order valence-electron chi connectivity index (χ2n) is 7.35. The van der Waals surface area contributed by atoms with Crippen molar-refractivity contribution in [1.82, 2.24) is 13.8 Å². The van der Waals surface area contributed by atoms with E-state index in [1.54, 1.807) is 37.4 Å². The average molecular weight is 420 g/mol. The molecular weight excluding hydrogens is 390 g/mol. The molecule has 7 nitrogen and oxygen atoms in total. The molecule has 8 heteroatoms. The number of carbonyl (C=O) groups is 1. The van der Waals surface area contributed by atoms with Gasteiger partial charge in [-0.1, -0.05) is 18.2 Å². The number of ether oxygens (including phenoxy) is 1. The van der Waals surface area contributed by atoms with Crippen LogP contribution in [0.25, 0.3) is 0 Å². The number of aryl methyl sites for hydroxylation is 1. The van der Waals surface area contributed by atoms with Gasteiger partial charge in [0.15, 0.2) is 5.78 Å². The average Bonchev–Trinajstić information content (AvgIpc) is 3.01. The molecule has 158 valence electrons. The van der Waals surface area contributed by atoms with E-state index in [4.69, 9.17) is 4.74 Å². The van der Waals surface area contributed by atoms with Crippen LogP contribution >= 0.6 is 0 Å². The maximum absolute atomic E-state index is 12.9. The minimum atomic E-state index is -3.48. The summed E-state index contributed by atoms with van der Waals surface area (Å²) in [5, 5.41) is 0. The van der Waals surface area contributed by atoms with Gasteiger partial charge in [0.05, 0.1) is 18.0 Å². The maximum atomic E-state index is 12.9. The molecule has 1 aromatic heterocycles. The summed E-state index contributed by atoms with van der Waals surface area (Å²) in [5.74, 6) is 0.0705. The van der Waals surface area contributed by atoms with Gasteiger partial charge in [-0.15, -0.1) is 0 Å². The van der Waals surface area contributed by atoms with Gasteiger partial charge >= 0.3 is 0 Å². The van der Waals surface area contributed by atoms with Crippen LogP contribution in [0.15, 0.2) is 41.3 Å². The highest BCUT2D eigenvalue weighted by Gasteiger charge is 2.29. The lowest BCUT2D eigenvalue weighted by Crippen LogP contribution is -2.49. The molecule has 2 aromatic rings. The Kier molecular flexibility index (Phi) is 6.89. The number of hydrogen-bond acceptors (Lipinski definition) is 5. The van der Waals surface area contributed by atoms with Crippen LogP contribution in [0.4, 0.5) is 0 Å². The number of hydrogen-bond donors (Lipinski definition) is 0. The van der Waals surface area contributed by atoms with E-state index in [-0.39, 0.29) is 5.78 Å². The van der Waals surface area contributed by atoms with Crippen LogP contribution in [0.3, 0.4) is 0 Å². The van der Waals surface area contributed by atoms with Crippen molar-refractivity contribution in [2.75, 3.05) is 46.4 Å². The number of carbonyl (C=O) groups excluding carboxylic acids is 1. The highest BCUT2D eigenvalue weighted by Crippen LogP contribution is 2.19. The zero-order valence-electron chi connectivity index (χ0n) is 17.3. The highest BCUT2D eigenvalue weighted by molar-refractivity contribution is 7.89. The summed E-state index contributed by atoms with van der Waals surface area (Å²) in [7, 11) is -1.81. The van der Waals surface area contributed by atoms with Crippen LogP contribution < -0.4 is 0 Å². The van der Waals surface area contributed by atoms with E-state index in [0.717, 1.165) is 23.5 Å².